The fourth-order valence-electron chi connectivity index (χ4n) is 2.02. The molecule has 0 spiro atoms. The van der Waals surface area contributed by atoms with Crippen molar-refractivity contribution in [3.05, 3.63) is 24.3 Å². The molecule has 2 amide bonds. The van der Waals surface area contributed by atoms with Gasteiger partial charge in [-0.25, -0.2) is 4.79 Å². The number of hydrogen-bond acceptors (Lipinski definition) is 3. The lowest BCUT2D eigenvalue weighted by Crippen LogP contribution is -2.49. The van der Waals surface area contributed by atoms with Crippen molar-refractivity contribution in [3.8, 4) is 0 Å². The third-order valence-corrected chi connectivity index (χ3v) is 2.98. The molecule has 0 aromatic heterocycles. The second kappa shape index (κ2) is 5.73. The van der Waals surface area contributed by atoms with E-state index in [1.54, 1.807) is 24.3 Å². The van der Waals surface area contributed by atoms with Crippen LogP contribution in [0.4, 0.5) is 16.2 Å². The number of urea groups is 1. The molecular formula is C13H19N3O2. The van der Waals surface area contributed by atoms with Gasteiger partial charge in [0.05, 0.1) is 6.10 Å². The number of carbonyl (C=O) groups excluding carboxylic acids is 1. The summed E-state index contributed by atoms with van der Waals surface area (Å²) in [5.74, 6) is 0. The van der Waals surface area contributed by atoms with Crippen LogP contribution in [0, 0.1) is 0 Å². The second-order valence-electron chi connectivity index (χ2n) is 4.47. The maximum atomic E-state index is 11.7. The van der Waals surface area contributed by atoms with Gasteiger partial charge in [-0.15, -0.1) is 0 Å². The number of ether oxygens (including phenoxy) is 1. The van der Waals surface area contributed by atoms with Gasteiger partial charge in [-0.05, 0) is 38.0 Å². The zero-order chi connectivity index (χ0) is 13.0. The van der Waals surface area contributed by atoms with Crippen LogP contribution in [0.3, 0.4) is 0 Å². The topological polar surface area (TPSA) is 76.4 Å². The average Bonchev–Trinajstić information content (AvgIpc) is 2.26. The van der Waals surface area contributed by atoms with Crippen LogP contribution in [0.15, 0.2) is 24.3 Å². The molecule has 1 aliphatic rings. The zero-order valence-corrected chi connectivity index (χ0v) is 10.5. The second-order valence-corrected chi connectivity index (χ2v) is 4.47. The Labute approximate surface area is 107 Å². The standard InChI is InChI=1S/C13H19N3O2/c1-2-18-12-7-11(8-12)16-13(17)15-10-5-3-4-9(14)6-10/h3-6,11-12H,2,7-8,14H2,1H3,(H2,15,16,17). The van der Waals surface area contributed by atoms with E-state index in [-0.39, 0.29) is 12.1 Å². The molecule has 98 valence electrons. The van der Waals surface area contributed by atoms with E-state index in [0.717, 1.165) is 19.4 Å². The van der Waals surface area contributed by atoms with Crippen molar-refractivity contribution in [2.75, 3.05) is 17.7 Å². The Hall–Kier alpha value is -1.75. The summed E-state index contributed by atoms with van der Waals surface area (Å²) in [6.07, 6.45) is 2.07. The fourth-order valence-corrected chi connectivity index (χ4v) is 2.02. The molecule has 1 aromatic carbocycles. The maximum absolute atomic E-state index is 11.7. The highest BCUT2D eigenvalue weighted by atomic mass is 16.5. The quantitative estimate of drug-likeness (QED) is 0.714. The molecule has 0 radical (unpaired) electrons. The monoisotopic (exact) mass is 249 g/mol. The molecule has 0 aliphatic heterocycles. The van der Waals surface area contributed by atoms with E-state index in [1.807, 2.05) is 6.92 Å². The van der Waals surface area contributed by atoms with E-state index < -0.39 is 0 Å². The first-order chi connectivity index (χ1) is 8.67. The van der Waals surface area contributed by atoms with E-state index in [4.69, 9.17) is 10.5 Å². The van der Waals surface area contributed by atoms with Crippen LogP contribution in [-0.4, -0.2) is 24.8 Å². The van der Waals surface area contributed by atoms with Crippen LogP contribution in [-0.2, 0) is 4.74 Å². The first-order valence-corrected chi connectivity index (χ1v) is 6.22. The summed E-state index contributed by atoms with van der Waals surface area (Å²) < 4.78 is 5.44. The fraction of sp³-hybridized carbons (Fsp3) is 0.462. The minimum absolute atomic E-state index is 0.194. The van der Waals surface area contributed by atoms with E-state index in [9.17, 15) is 4.79 Å². The Morgan fingerprint density at radius 3 is 2.94 bits per heavy atom. The minimum Gasteiger partial charge on any atom is -0.399 e. The van der Waals surface area contributed by atoms with Gasteiger partial charge in [-0.2, -0.15) is 0 Å². The maximum Gasteiger partial charge on any atom is 0.319 e. The molecule has 1 fully saturated rings. The summed E-state index contributed by atoms with van der Waals surface area (Å²) in [6.45, 7) is 2.71. The Morgan fingerprint density at radius 2 is 2.28 bits per heavy atom. The number of rotatable bonds is 4. The molecule has 5 heteroatoms. The summed E-state index contributed by atoms with van der Waals surface area (Å²) in [6, 6.07) is 7.13. The van der Waals surface area contributed by atoms with Crippen molar-refractivity contribution in [1.82, 2.24) is 5.32 Å². The van der Waals surface area contributed by atoms with Gasteiger partial charge in [0.25, 0.3) is 0 Å². The summed E-state index contributed by atoms with van der Waals surface area (Å²) >= 11 is 0. The summed E-state index contributed by atoms with van der Waals surface area (Å²) in [5, 5.41) is 5.66. The lowest BCUT2D eigenvalue weighted by atomic mass is 9.89. The predicted octanol–water partition coefficient (Wildman–Crippen LogP) is 1.96. The van der Waals surface area contributed by atoms with E-state index in [1.165, 1.54) is 0 Å². The van der Waals surface area contributed by atoms with Crippen LogP contribution >= 0.6 is 0 Å². The SMILES string of the molecule is CCOC1CC(NC(=O)Nc2cccc(N)c2)C1. The Kier molecular flexibility index (Phi) is 4.04. The van der Waals surface area contributed by atoms with Gasteiger partial charge >= 0.3 is 6.03 Å². The number of nitrogen functional groups attached to an aromatic ring is 1. The molecule has 4 N–H and O–H groups in total. The molecule has 18 heavy (non-hydrogen) atoms. The Bertz CT molecular complexity index is 416. The first-order valence-electron chi connectivity index (χ1n) is 6.22. The third kappa shape index (κ3) is 3.37. The first kappa shape index (κ1) is 12.7. The van der Waals surface area contributed by atoms with Crippen LogP contribution in [0.2, 0.25) is 0 Å². The van der Waals surface area contributed by atoms with Crippen molar-refractivity contribution >= 4 is 17.4 Å². The third-order valence-electron chi connectivity index (χ3n) is 2.98. The van der Waals surface area contributed by atoms with Crippen molar-refractivity contribution in [2.45, 2.75) is 31.9 Å². The molecule has 0 saturated heterocycles. The minimum atomic E-state index is -0.194. The van der Waals surface area contributed by atoms with Crippen molar-refractivity contribution < 1.29 is 9.53 Å². The van der Waals surface area contributed by atoms with Crippen molar-refractivity contribution in [1.29, 1.82) is 0 Å². The lowest BCUT2D eigenvalue weighted by Gasteiger charge is -2.35. The number of carbonyl (C=O) groups is 1. The van der Waals surface area contributed by atoms with Crippen LogP contribution in [0.1, 0.15) is 19.8 Å². The summed E-state index contributed by atoms with van der Waals surface area (Å²) in [5.41, 5.74) is 6.97. The van der Waals surface area contributed by atoms with Gasteiger partial charge in [-0.3, -0.25) is 0 Å². The number of hydrogen-bond donors (Lipinski definition) is 3. The van der Waals surface area contributed by atoms with Crippen LogP contribution in [0.25, 0.3) is 0 Å². The number of anilines is 2. The van der Waals surface area contributed by atoms with Gasteiger partial charge in [0.2, 0.25) is 0 Å². The molecular weight excluding hydrogens is 230 g/mol. The largest absolute Gasteiger partial charge is 0.399 e. The zero-order valence-electron chi connectivity index (χ0n) is 10.5. The van der Waals surface area contributed by atoms with Gasteiger partial charge < -0.3 is 21.1 Å². The molecule has 1 aromatic rings. The summed E-state index contributed by atoms with van der Waals surface area (Å²) in [7, 11) is 0. The summed E-state index contributed by atoms with van der Waals surface area (Å²) in [4.78, 5) is 11.7. The molecule has 1 saturated carbocycles. The molecule has 0 bridgehead atoms. The van der Waals surface area contributed by atoms with Gasteiger partial charge in [-0.1, -0.05) is 6.07 Å². The molecule has 0 atom stereocenters. The highest BCUT2D eigenvalue weighted by Crippen LogP contribution is 2.23. The Morgan fingerprint density at radius 1 is 1.50 bits per heavy atom. The average molecular weight is 249 g/mol. The number of benzene rings is 1. The van der Waals surface area contributed by atoms with Gasteiger partial charge in [0.1, 0.15) is 0 Å². The van der Waals surface area contributed by atoms with E-state index in [0.29, 0.717) is 17.5 Å². The number of nitrogens with two attached hydrogens (primary N) is 1. The molecule has 0 heterocycles. The van der Waals surface area contributed by atoms with Gasteiger partial charge in [0.15, 0.2) is 0 Å². The van der Waals surface area contributed by atoms with Crippen molar-refractivity contribution in [2.24, 2.45) is 0 Å². The van der Waals surface area contributed by atoms with Crippen molar-refractivity contribution in [3.63, 3.8) is 0 Å². The molecule has 0 unspecified atom stereocenters. The van der Waals surface area contributed by atoms with E-state index in [2.05, 4.69) is 10.6 Å². The number of nitrogens with one attached hydrogen (secondary N) is 2. The van der Waals surface area contributed by atoms with Gasteiger partial charge in [0, 0.05) is 24.0 Å². The van der Waals surface area contributed by atoms with Crippen LogP contribution < -0.4 is 16.4 Å². The Balaban J connectivity index is 1.73. The smallest absolute Gasteiger partial charge is 0.319 e. The molecule has 1 aliphatic carbocycles. The lowest BCUT2D eigenvalue weighted by molar-refractivity contribution is -0.00673. The predicted molar refractivity (Wildman–Crippen MR) is 71.4 cm³/mol. The van der Waals surface area contributed by atoms with Crippen LogP contribution in [0.5, 0.6) is 0 Å². The van der Waals surface area contributed by atoms with E-state index >= 15 is 0 Å². The molecule has 5 nitrogen and oxygen atoms in total. The normalized spacial score (nSPS) is 22.1. The highest BCUT2D eigenvalue weighted by Gasteiger charge is 2.30. The number of amides is 2. The highest BCUT2D eigenvalue weighted by molar-refractivity contribution is 5.90. The molecule has 2 rings (SSSR count).